The number of rotatable bonds is 3. The molecule has 0 atom stereocenters. The zero-order valence-electron chi connectivity index (χ0n) is 11.9. The van der Waals surface area contributed by atoms with E-state index in [2.05, 4.69) is 17.2 Å². The van der Waals surface area contributed by atoms with Gasteiger partial charge in [0.15, 0.2) is 0 Å². The van der Waals surface area contributed by atoms with Crippen molar-refractivity contribution in [1.29, 1.82) is 0 Å². The minimum atomic E-state index is -0.203. The SMILES string of the molecule is Cc1ccc(C#CCO)c(NC(=O)Cc2ccccc2)c1. The van der Waals surface area contributed by atoms with Gasteiger partial charge in [0.05, 0.1) is 12.1 Å². The summed E-state index contributed by atoms with van der Waals surface area (Å²) in [5.74, 6) is 5.36. The van der Waals surface area contributed by atoms with Crippen molar-refractivity contribution in [3.63, 3.8) is 0 Å². The predicted molar refractivity (Wildman–Crippen MR) is 83.9 cm³/mol. The molecule has 2 aromatic rings. The molecule has 0 saturated carbocycles. The summed E-state index contributed by atoms with van der Waals surface area (Å²) >= 11 is 0. The van der Waals surface area contributed by atoms with Crippen LogP contribution in [0.1, 0.15) is 16.7 Å². The summed E-state index contributed by atoms with van der Waals surface area (Å²) in [7, 11) is 0. The quantitative estimate of drug-likeness (QED) is 0.848. The summed E-state index contributed by atoms with van der Waals surface area (Å²) < 4.78 is 0. The Morgan fingerprint density at radius 2 is 1.95 bits per heavy atom. The molecule has 2 N–H and O–H groups in total. The van der Waals surface area contributed by atoms with E-state index < -0.39 is 0 Å². The van der Waals surface area contributed by atoms with Gasteiger partial charge in [-0.1, -0.05) is 48.2 Å². The average molecular weight is 279 g/mol. The smallest absolute Gasteiger partial charge is 0.228 e. The van der Waals surface area contributed by atoms with Gasteiger partial charge in [0.1, 0.15) is 6.61 Å². The Labute approximate surface area is 124 Å². The van der Waals surface area contributed by atoms with E-state index in [4.69, 9.17) is 5.11 Å². The fraction of sp³-hybridized carbons (Fsp3) is 0.167. The van der Waals surface area contributed by atoms with Crippen LogP contribution in [0.15, 0.2) is 48.5 Å². The molecule has 0 aliphatic rings. The summed E-state index contributed by atoms with van der Waals surface area (Å²) in [4.78, 5) is 12.1. The average Bonchev–Trinajstić information content (AvgIpc) is 2.47. The van der Waals surface area contributed by atoms with Crippen LogP contribution in [0, 0.1) is 18.8 Å². The number of amides is 1. The van der Waals surface area contributed by atoms with Crippen molar-refractivity contribution < 1.29 is 9.90 Å². The fourth-order valence-electron chi connectivity index (χ4n) is 1.98. The van der Waals surface area contributed by atoms with E-state index in [-0.39, 0.29) is 12.5 Å². The van der Waals surface area contributed by atoms with Gasteiger partial charge >= 0.3 is 0 Å². The summed E-state index contributed by atoms with van der Waals surface area (Å²) in [6.45, 7) is 1.75. The molecule has 106 valence electrons. The maximum Gasteiger partial charge on any atom is 0.228 e. The van der Waals surface area contributed by atoms with Gasteiger partial charge in [-0.05, 0) is 30.2 Å². The van der Waals surface area contributed by atoms with Crippen LogP contribution in [0.3, 0.4) is 0 Å². The molecule has 2 aromatic carbocycles. The molecule has 0 spiro atoms. The Balaban J connectivity index is 2.14. The van der Waals surface area contributed by atoms with Crippen LogP contribution in [0.25, 0.3) is 0 Å². The summed E-state index contributed by atoms with van der Waals surface area (Å²) in [5, 5.41) is 11.7. The molecule has 0 heterocycles. The number of aliphatic hydroxyl groups excluding tert-OH is 1. The summed E-state index contributed by atoms with van der Waals surface area (Å²) in [6.07, 6.45) is 0.321. The molecule has 0 bridgehead atoms. The van der Waals surface area contributed by atoms with Crippen molar-refractivity contribution in [1.82, 2.24) is 0 Å². The molecular weight excluding hydrogens is 262 g/mol. The number of nitrogens with one attached hydrogen (secondary N) is 1. The van der Waals surface area contributed by atoms with Gasteiger partial charge in [0.2, 0.25) is 5.91 Å². The number of aryl methyl sites for hydroxylation is 1. The fourth-order valence-corrected chi connectivity index (χ4v) is 1.98. The van der Waals surface area contributed by atoms with Gasteiger partial charge in [-0.25, -0.2) is 0 Å². The van der Waals surface area contributed by atoms with Crippen LogP contribution in [0.5, 0.6) is 0 Å². The third-order valence-electron chi connectivity index (χ3n) is 2.96. The molecule has 0 fully saturated rings. The second-order valence-corrected chi connectivity index (χ2v) is 4.72. The molecule has 21 heavy (non-hydrogen) atoms. The standard InChI is InChI=1S/C18H17NO2/c1-14-9-10-16(8-5-11-20)17(12-14)19-18(21)13-15-6-3-2-4-7-15/h2-4,6-7,9-10,12,20H,11,13H2,1H3,(H,19,21). The maximum atomic E-state index is 12.1. The molecule has 1 amide bonds. The number of anilines is 1. The second kappa shape index (κ2) is 7.28. The number of hydrogen-bond acceptors (Lipinski definition) is 2. The van der Waals surface area contributed by atoms with E-state index in [0.29, 0.717) is 17.7 Å². The zero-order valence-corrected chi connectivity index (χ0v) is 11.9. The normalized spacial score (nSPS) is 9.62. The number of hydrogen-bond donors (Lipinski definition) is 2. The minimum absolute atomic E-state index is 0.0844. The van der Waals surface area contributed by atoms with Crippen molar-refractivity contribution >= 4 is 11.6 Å². The van der Waals surface area contributed by atoms with Crippen LogP contribution >= 0.6 is 0 Å². The Kier molecular flexibility index (Phi) is 5.14. The largest absolute Gasteiger partial charge is 0.384 e. The van der Waals surface area contributed by atoms with Gasteiger partial charge in [-0.15, -0.1) is 0 Å². The Bertz CT molecular complexity index is 681. The molecule has 0 aliphatic carbocycles. The van der Waals surface area contributed by atoms with Crippen molar-refractivity contribution in [2.45, 2.75) is 13.3 Å². The van der Waals surface area contributed by atoms with Crippen LogP contribution in [0.2, 0.25) is 0 Å². The minimum Gasteiger partial charge on any atom is -0.384 e. The highest BCUT2D eigenvalue weighted by molar-refractivity contribution is 5.93. The zero-order chi connectivity index (χ0) is 15.1. The summed E-state index contributed by atoms with van der Waals surface area (Å²) in [6, 6.07) is 15.2. The third-order valence-corrected chi connectivity index (χ3v) is 2.96. The van der Waals surface area contributed by atoms with Gasteiger partial charge in [-0.3, -0.25) is 4.79 Å². The molecule has 0 saturated heterocycles. The van der Waals surface area contributed by atoms with E-state index in [0.717, 1.165) is 11.1 Å². The molecule has 3 heteroatoms. The molecule has 0 aliphatic heterocycles. The number of aliphatic hydroxyl groups is 1. The van der Waals surface area contributed by atoms with Crippen molar-refractivity contribution in [2.24, 2.45) is 0 Å². The Morgan fingerprint density at radius 3 is 2.67 bits per heavy atom. The summed E-state index contributed by atoms with van der Waals surface area (Å²) in [5.41, 5.74) is 3.39. The topological polar surface area (TPSA) is 49.3 Å². The Morgan fingerprint density at radius 1 is 1.19 bits per heavy atom. The van der Waals surface area contributed by atoms with Crippen LogP contribution in [-0.2, 0) is 11.2 Å². The maximum absolute atomic E-state index is 12.1. The molecule has 3 nitrogen and oxygen atoms in total. The first-order chi connectivity index (χ1) is 10.2. The monoisotopic (exact) mass is 279 g/mol. The number of carbonyl (C=O) groups is 1. The van der Waals surface area contributed by atoms with E-state index in [9.17, 15) is 4.79 Å². The first-order valence-corrected chi connectivity index (χ1v) is 6.73. The van der Waals surface area contributed by atoms with Gasteiger partial charge in [0.25, 0.3) is 0 Å². The number of benzene rings is 2. The lowest BCUT2D eigenvalue weighted by molar-refractivity contribution is -0.115. The van der Waals surface area contributed by atoms with Crippen molar-refractivity contribution in [2.75, 3.05) is 11.9 Å². The lowest BCUT2D eigenvalue weighted by Crippen LogP contribution is -2.15. The highest BCUT2D eigenvalue weighted by atomic mass is 16.2. The molecule has 0 radical (unpaired) electrons. The van der Waals surface area contributed by atoms with Crippen LogP contribution < -0.4 is 5.32 Å². The van der Waals surface area contributed by atoms with E-state index in [1.807, 2.05) is 55.5 Å². The van der Waals surface area contributed by atoms with Crippen LogP contribution in [-0.4, -0.2) is 17.6 Å². The lowest BCUT2D eigenvalue weighted by Gasteiger charge is -2.09. The van der Waals surface area contributed by atoms with Crippen molar-refractivity contribution in [3.05, 3.63) is 65.2 Å². The Hall–Kier alpha value is -2.57. The third kappa shape index (κ3) is 4.48. The highest BCUT2D eigenvalue weighted by Crippen LogP contribution is 2.17. The molecular formula is C18H17NO2. The van der Waals surface area contributed by atoms with Crippen molar-refractivity contribution in [3.8, 4) is 11.8 Å². The predicted octanol–water partition coefficient (Wildman–Crippen LogP) is 2.52. The molecule has 0 unspecified atom stereocenters. The van der Waals surface area contributed by atoms with E-state index in [1.165, 1.54) is 0 Å². The highest BCUT2D eigenvalue weighted by Gasteiger charge is 2.07. The molecule has 2 rings (SSSR count). The van der Waals surface area contributed by atoms with Gasteiger partial charge in [-0.2, -0.15) is 0 Å². The number of carbonyl (C=O) groups excluding carboxylic acids is 1. The first kappa shape index (κ1) is 14.8. The second-order valence-electron chi connectivity index (χ2n) is 4.72. The molecule has 0 aromatic heterocycles. The van der Waals surface area contributed by atoms with Crippen LogP contribution in [0.4, 0.5) is 5.69 Å². The van der Waals surface area contributed by atoms with E-state index >= 15 is 0 Å². The van der Waals surface area contributed by atoms with Gasteiger partial charge in [0, 0.05) is 5.56 Å². The van der Waals surface area contributed by atoms with Gasteiger partial charge < -0.3 is 10.4 Å². The van der Waals surface area contributed by atoms with E-state index in [1.54, 1.807) is 0 Å². The first-order valence-electron chi connectivity index (χ1n) is 6.73. The lowest BCUT2D eigenvalue weighted by atomic mass is 10.1.